The largest absolute Gasteiger partial charge is 0.430 e. The molecule has 0 fully saturated rings. The maximum absolute atomic E-state index is 11.5. The molecule has 1 nitrogen and oxygen atoms in total. The fourth-order valence-electron chi connectivity index (χ4n) is 0.399. The molecule has 0 heterocycles. The molecule has 12 heavy (non-hydrogen) atoms. The average Bonchev–Trinajstić information content (AvgIpc) is 1.77. The van der Waals surface area contributed by atoms with E-state index in [0.29, 0.717) is 0 Å². The molecule has 0 aliphatic carbocycles. The van der Waals surface area contributed by atoms with Crippen LogP contribution < -0.4 is 0 Å². The van der Waals surface area contributed by atoms with Gasteiger partial charge in [0, 0.05) is 7.05 Å². The smallest absolute Gasteiger partial charge is 0.246 e. The van der Waals surface area contributed by atoms with Gasteiger partial charge in [0.25, 0.3) is 0 Å². The molecule has 0 aromatic carbocycles. The molecule has 70 valence electrons. The lowest BCUT2D eigenvalue weighted by atomic mass is 10.3. The van der Waals surface area contributed by atoms with Crippen LogP contribution in [-0.2, 0) is 0 Å². The molecular weight excluding hydrogens is 188 g/mol. The van der Waals surface area contributed by atoms with Gasteiger partial charge in [0.05, 0.1) is 0 Å². The Hall–Kier alpha value is -0.970. The first-order chi connectivity index (χ1) is 5.19. The van der Waals surface area contributed by atoms with Gasteiger partial charge in [0.15, 0.2) is 5.57 Å². The van der Waals surface area contributed by atoms with E-state index in [1.807, 2.05) is 0 Å². The molecule has 0 bridgehead atoms. The number of alkyl halides is 6. The minimum atomic E-state index is -5.46. The van der Waals surface area contributed by atoms with Crippen molar-refractivity contribution >= 4 is 5.87 Å². The topological polar surface area (TPSA) is 12.4 Å². The van der Waals surface area contributed by atoms with E-state index in [1.54, 1.807) is 0 Å². The molecule has 0 aliphatic rings. The van der Waals surface area contributed by atoms with E-state index in [0.717, 1.165) is 12.9 Å². The second-order valence-corrected chi connectivity index (χ2v) is 1.71. The van der Waals surface area contributed by atoms with Crippen LogP contribution in [0.5, 0.6) is 0 Å². The summed E-state index contributed by atoms with van der Waals surface area (Å²) in [6, 6.07) is 0. The van der Waals surface area contributed by atoms with Gasteiger partial charge in [0.2, 0.25) is 0 Å². The summed E-state index contributed by atoms with van der Waals surface area (Å²) < 4.78 is 69.1. The van der Waals surface area contributed by atoms with Crippen LogP contribution in [0.25, 0.3) is 0 Å². The summed E-state index contributed by atoms with van der Waals surface area (Å²) in [4.78, 5) is 2.54. The van der Waals surface area contributed by atoms with Crippen molar-refractivity contribution in [1.82, 2.24) is 0 Å². The molecule has 0 N–H and O–H groups in total. The summed E-state index contributed by atoms with van der Waals surface area (Å²) in [5.74, 6) is 0.854. The summed E-state index contributed by atoms with van der Waals surface area (Å²) >= 11 is 0. The van der Waals surface area contributed by atoms with Gasteiger partial charge >= 0.3 is 12.4 Å². The van der Waals surface area contributed by atoms with Crippen LogP contribution in [0.4, 0.5) is 26.3 Å². The van der Waals surface area contributed by atoms with E-state index >= 15 is 0 Å². The minimum absolute atomic E-state index is 0.775. The highest BCUT2D eigenvalue weighted by molar-refractivity contribution is 5.61. The predicted molar refractivity (Wildman–Crippen MR) is 29.0 cm³/mol. The minimum Gasteiger partial charge on any atom is -0.246 e. The third-order valence-corrected chi connectivity index (χ3v) is 0.791. The molecule has 0 atom stereocenters. The lowest BCUT2D eigenvalue weighted by molar-refractivity contribution is -0.169. The first kappa shape index (κ1) is 11.0. The quantitative estimate of drug-likeness (QED) is 0.411. The number of nitrogens with zero attached hydrogens (tertiary/aromatic N) is 1. The summed E-state index contributed by atoms with van der Waals surface area (Å²) in [5.41, 5.74) is -2.72. The average molecular weight is 191 g/mol. The lowest BCUT2D eigenvalue weighted by Gasteiger charge is -2.10. The normalized spacial score (nSPS) is 12.2. The predicted octanol–water partition coefficient (Wildman–Crippen LogP) is 2.34. The number of allylic oxidation sites excluding steroid dienone is 1. The van der Waals surface area contributed by atoms with Crippen molar-refractivity contribution in [2.75, 3.05) is 7.05 Å². The Morgan fingerprint density at radius 3 is 1.42 bits per heavy atom. The Bertz CT molecular complexity index is 199. The van der Waals surface area contributed by atoms with E-state index in [4.69, 9.17) is 0 Å². The fraction of sp³-hybridized carbons (Fsp3) is 0.600. The second kappa shape index (κ2) is 3.18. The van der Waals surface area contributed by atoms with Gasteiger partial charge < -0.3 is 0 Å². The highest BCUT2D eigenvalue weighted by Crippen LogP contribution is 2.36. The molecule has 0 spiro atoms. The SMILES string of the molecule is CN=C=C(C(F)(F)F)C(F)(F)F. The molecule has 7 heteroatoms. The Balaban J connectivity index is 5.12. The van der Waals surface area contributed by atoms with Crippen LogP contribution >= 0.6 is 0 Å². The number of hydrogen-bond acceptors (Lipinski definition) is 1. The van der Waals surface area contributed by atoms with Gasteiger partial charge in [-0.25, -0.2) is 4.99 Å². The number of aliphatic imine (C=N–C) groups is 1. The van der Waals surface area contributed by atoms with E-state index in [1.165, 1.54) is 0 Å². The third kappa shape index (κ3) is 2.96. The Labute approximate surface area is 63.4 Å². The van der Waals surface area contributed by atoms with E-state index < -0.39 is 17.9 Å². The van der Waals surface area contributed by atoms with Crippen LogP contribution in [0, 0.1) is 0 Å². The zero-order chi connectivity index (χ0) is 9.99. The maximum Gasteiger partial charge on any atom is 0.430 e. The molecule has 0 radical (unpaired) electrons. The second-order valence-electron chi connectivity index (χ2n) is 1.71. The molecule has 0 saturated carbocycles. The van der Waals surface area contributed by atoms with Gasteiger partial charge in [-0.15, -0.1) is 0 Å². The number of halogens is 6. The zero-order valence-electron chi connectivity index (χ0n) is 5.72. The first-order valence-corrected chi connectivity index (χ1v) is 2.55. The van der Waals surface area contributed by atoms with Crippen molar-refractivity contribution in [3.8, 4) is 0 Å². The van der Waals surface area contributed by atoms with Crippen molar-refractivity contribution in [3.05, 3.63) is 5.57 Å². The number of hydrogen-bond donors (Lipinski definition) is 0. The fourth-order valence-corrected chi connectivity index (χ4v) is 0.399. The van der Waals surface area contributed by atoms with Gasteiger partial charge in [-0.3, -0.25) is 0 Å². The van der Waals surface area contributed by atoms with Crippen LogP contribution in [0.3, 0.4) is 0 Å². The van der Waals surface area contributed by atoms with Gasteiger partial charge in [-0.05, 0) is 5.87 Å². The number of rotatable bonds is 0. The molecular formula is C5H3F6N. The van der Waals surface area contributed by atoms with Crippen molar-refractivity contribution in [3.63, 3.8) is 0 Å². The first-order valence-electron chi connectivity index (χ1n) is 2.55. The van der Waals surface area contributed by atoms with Crippen molar-refractivity contribution in [1.29, 1.82) is 0 Å². The maximum atomic E-state index is 11.5. The van der Waals surface area contributed by atoms with Crippen LogP contribution in [-0.4, -0.2) is 25.3 Å². The van der Waals surface area contributed by atoms with Gasteiger partial charge in [-0.1, -0.05) is 0 Å². The summed E-state index contributed by atoms with van der Waals surface area (Å²) in [6.45, 7) is 0. The van der Waals surface area contributed by atoms with Gasteiger partial charge in [0.1, 0.15) is 0 Å². The van der Waals surface area contributed by atoms with Crippen molar-refractivity contribution in [2.24, 2.45) is 4.99 Å². The highest BCUT2D eigenvalue weighted by atomic mass is 19.4. The van der Waals surface area contributed by atoms with Gasteiger partial charge in [-0.2, -0.15) is 26.3 Å². The molecule has 0 aromatic rings. The third-order valence-electron chi connectivity index (χ3n) is 0.791. The Morgan fingerprint density at radius 2 is 1.33 bits per heavy atom. The highest BCUT2D eigenvalue weighted by Gasteiger charge is 2.51. The lowest BCUT2D eigenvalue weighted by Crippen LogP contribution is -2.26. The van der Waals surface area contributed by atoms with E-state index in [9.17, 15) is 26.3 Å². The summed E-state index contributed by atoms with van der Waals surface area (Å²) in [7, 11) is 0.775. The standard InChI is InChI=1S/C5H3F6N/c1-12-2-3(4(6,7)8)5(9,10)11/h1H3. The van der Waals surface area contributed by atoms with Crippen molar-refractivity contribution in [2.45, 2.75) is 12.4 Å². The molecule has 0 rings (SSSR count). The van der Waals surface area contributed by atoms with E-state index in [2.05, 4.69) is 4.99 Å². The molecule has 0 amide bonds. The van der Waals surface area contributed by atoms with Crippen molar-refractivity contribution < 1.29 is 26.3 Å². The van der Waals surface area contributed by atoms with E-state index in [-0.39, 0.29) is 0 Å². The zero-order valence-corrected chi connectivity index (χ0v) is 5.72. The molecule has 0 aromatic heterocycles. The Kier molecular flexibility index (Phi) is 2.93. The molecule has 0 unspecified atom stereocenters. The monoisotopic (exact) mass is 191 g/mol. The molecule has 0 saturated heterocycles. The Morgan fingerprint density at radius 1 is 1.00 bits per heavy atom. The summed E-state index contributed by atoms with van der Waals surface area (Å²) in [6.07, 6.45) is -10.9. The van der Waals surface area contributed by atoms with Crippen LogP contribution in [0.15, 0.2) is 10.6 Å². The molecule has 0 aliphatic heterocycles. The van der Waals surface area contributed by atoms with Crippen LogP contribution in [0.2, 0.25) is 0 Å². The summed E-state index contributed by atoms with van der Waals surface area (Å²) in [5, 5.41) is 0. The van der Waals surface area contributed by atoms with Crippen LogP contribution in [0.1, 0.15) is 0 Å².